The normalized spacial score (nSPS) is 18.4. The molecular weight excluding hydrogens is 251 g/mol. The van der Waals surface area contributed by atoms with Crippen LogP contribution in [-0.2, 0) is 4.79 Å². The van der Waals surface area contributed by atoms with Gasteiger partial charge in [-0.15, -0.1) is 0 Å². The summed E-state index contributed by atoms with van der Waals surface area (Å²) in [6.45, 7) is 2.36. The van der Waals surface area contributed by atoms with Gasteiger partial charge in [-0.3, -0.25) is 4.79 Å². The van der Waals surface area contributed by atoms with Crippen molar-refractivity contribution in [1.82, 2.24) is 5.32 Å². The molecule has 1 amide bonds. The second-order valence-electron chi connectivity index (χ2n) is 4.57. The number of hydrogen-bond donors (Lipinski definition) is 2. The number of carbonyl (C=O) groups excluding carboxylic acids is 1. The van der Waals surface area contributed by atoms with Crippen molar-refractivity contribution in [2.24, 2.45) is 0 Å². The maximum Gasteiger partial charge on any atom is 0.337 e. The number of benzene rings is 1. The quantitative estimate of drug-likeness (QED) is 0.863. The molecule has 6 heteroatoms. The number of nitrogens with one attached hydrogen (secondary N) is 1. The molecule has 0 aliphatic carbocycles. The van der Waals surface area contributed by atoms with Crippen molar-refractivity contribution in [3.63, 3.8) is 0 Å². The Morgan fingerprint density at radius 2 is 2.21 bits per heavy atom. The number of para-hydroxylation sites is 1. The van der Waals surface area contributed by atoms with Gasteiger partial charge in [0.25, 0.3) is 0 Å². The van der Waals surface area contributed by atoms with Crippen molar-refractivity contribution in [1.29, 1.82) is 0 Å². The molecule has 0 radical (unpaired) electrons. The zero-order valence-corrected chi connectivity index (χ0v) is 10.5. The first-order valence-corrected chi connectivity index (χ1v) is 6.03. The topological polar surface area (TPSA) is 69.6 Å². The van der Waals surface area contributed by atoms with Crippen molar-refractivity contribution in [2.45, 2.75) is 19.4 Å². The highest BCUT2D eigenvalue weighted by molar-refractivity contribution is 5.94. The van der Waals surface area contributed by atoms with E-state index in [4.69, 9.17) is 5.11 Å². The molecule has 1 aliphatic rings. The lowest BCUT2D eigenvalue weighted by Gasteiger charge is -2.21. The lowest BCUT2D eigenvalue weighted by Crippen LogP contribution is -2.36. The molecule has 1 aromatic carbocycles. The zero-order valence-electron chi connectivity index (χ0n) is 10.5. The lowest BCUT2D eigenvalue weighted by atomic mass is 10.1. The van der Waals surface area contributed by atoms with Gasteiger partial charge in [-0.1, -0.05) is 6.07 Å². The third-order valence-corrected chi connectivity index (χ3v) is 3.13. The van der Waals surface area contributed by atoms with Crippen LogP contribution in [0.3, 0.4) is 0 Å². The number of carbonyl (C=O) groups is 2. The van der Waals surface area contributed by atoms with Gasteiger partial charge < -0.3 is 15.3 Å². The minimum Gasteiger partial charge on any atom is -0.478 e. The largest absolute Gasteiger partial charge is 0.478 e. The summed E-state index contributed by atoms with van der Waals surface area (Å²) >= 11 is 0. The summed E-state index contributed by atoms with van der Waals surface area (Å²) in [6, 6.07) is 3.93. The van der Waals surface area contributed by atoms with E-state index in [9.17, 15) is 14.0 Å². The molecule has 0 aromatic heterocycles. The summed E-state index contributed by atoms with van der Waals surface area (Å²) < 4.78 is 13.9. The van der Waals surface area contributed by atoms with Crippen LogP contribution in [0.4, 0.5) is 10.1 Å². The van der Waals surface area contributed by atoms with Crippen molar-refractivity contribution in [3.8, 4) is 0 Å². The van der Waals surface area contributed by atoms with Crippen LogP contribution in [0.5, 0.6) is 0 Å². The highest BCUT2D eigenvalue weighted by Crippen LogP contribution is 2.28. The van der Waals surface area contributed by atoms with Crippen LogP contribution in [0.25, 0.3) is 0 Å². The van der Waals surface area contributed by atoms with Crippen molar-refractivity contribution >= 4 is 17.6 Å². The minimum absolute atomic E-state index is 0.0523. The molecule has 1 saturated heterocycles. The Morgan fingerprint density at radius 3 is 2.84 bits per heavy atom. The van der Waals surface area contributed by atoms with E-state index in [1.54, 1.807) is 4.90 Å². The molecule has 0 spiro atoms. The maximum absolute atomic E-state index is 13.9. The van der Waals surface area contributed by atoms with Crippen LogP contribution in [0.15, 0.2) is 18.2 Å². The van der Waals surface area contributed by atoms with Crippen LogP contribution in [0.2, 0.25) is 0 Å². The number of hydrogen-bond acceptors (Lipinski definition) is 3. The van der Waals surface area contributed by atoms with Gasteiger partial charge >= 0.3 is 5.97 Å². The smallest absolute Gasteiger partial charge is 0.337 e. The van der Waals surface area contributed by atoms with E-state index in [1.807, 2.05) is 0 Å². The molecule has 102 valence electrons. The molecule has 0 saturated carbocycles. The average molecular weight is 266 g/mol. The summed E-state index contributed by atoms with van der Waals surface area (Å²) in [5.74, 6) is -1.85. The van der Waals surface area contributed by atoms with Crippen molar-refractivity contribution < 1.29 is 19.1 Å². The zero-order chi connectivity index (χ0) is 14.0. The summed E-state index contributed by atoms with van der Waals surface area (Å²) in [4.78, 5) is 23.8. The van der Waals surface area contributed by atoms with Crippen LogP contribution >= 0.6 is 0 Å². The lowest BCUT2D eigenvalue weighted by molar-refractivity contribution is -0.119. The number of carboxylic acid groups (broad SMARTS) is 1. The first-order chi connectivity index (χ1) is 8.99. The van der Waals surface area contributed by atoms with Gasteiger partial charge in [0, 0.05) is 26.1 Å². The molecule has 5 nitrogen and oxygen atoms in total. The van der Waals surface area contributed by atoms with E-state index in [1.165, 1.54) is 25.1 Å². The Bertz CT molecular complexity index is 519. The van der Waals surface area contributed by atoms with E-state index < -0.39 is 11.8 Å². The van der Waals surface area contributed by atoms with Crippen LogP contribution in [0.1, 0.15) is 23.7 Å². The summed E-state index contributed by atoms with van der Waals surface area (Å²) in [5.41, 5.74) is 0.0475. The van der Waals surface area contributed by atoms with Gasteiger partial charge in [0.2, 0.25) is 5.91 Å². The molecule has 19 heavy (non-hydrogen) atoms. The molecule has 1 heterocycles. The van der Waals surface area contributed by atoms with E-state index in [0.29, 0.717) is 19.5 Å². The summed E-state index contributed by atoms with van der Waals surface area (Å²) in [5, 5.41) is 11.9. The Hall–Kier alpha value is -2.11. The third-order valence-electron chi connectivity index (χ3n) is 3.13. The summed E-state index contributed by atoms with van der Waals surface area (Å²) in [6.07, 6.45) is 0.674. The molecular formula is C13H15FN2O3. The van der Waals surface area contributed by atoms with E-state index in [2.05, 4.69) is 5.32 Å². The fourth-order valence-corrected chi connectivity index (χ4v) is 2.38. The van der Waals surface area contributed by atoms with Gasteiger partial charge in [0.1, 0.15) is 5.82 Å². The Morgan fingerprint density at radius 1 is 1.47 bits per heavy atom. The Kier molecular flexibility index (Phi) is 3.69. The van der Waals surface area contributed by atoms with Crippen molar-refractivity contribution in [2.75, 3.05) is 18.0 Å². The van der Waals surface area contributed by atoms with Crippen molar-refractivity contribution in [3.05, 3.63) is 29.6 Å². The number of rotatable bonds is 3. The molecule has 1 aromatic rings. The van der Waals surface area contributed by atoms with Gasteiger partial charge in [0.05, 0.1) is 11.3 Å². The first kappa shape index (κ1) is 13.3. The van der Waals surface area contributed by atoms with E-state index in [0.717, 1.165) is 0 Å². The molecule has 2 rings (SSSR count). The standard InChI is InChI=1S/C13H15FN2O3/c1-8(17)15-9-5-6-16(7-9)12-10(13(18)19)3-2-4-11(12)14/h2-4,9H,5-7H2,1H3,(H,15,17)(H,18,19). The number of carboxylic acids is 1. The van der Waals surface area contributed by atoms with Crippen LogP contribution < -0.4 is 10.2 Å². The van der Waals surface area contributed by atoms with E-state index in [-0.39, 0.29) is 23.2 Å². The third kappa shape index (κ3) is 2.83. The van der Waals surface area contributed by atoms with Gasteiger partial charge in [-0.2, -0.15) is 0 Å². The minimum atomic E-state index is -1.16. The average Bonchev–Trinajstić information content (AvgIpc) is 2.75. The molecule has 1 fully saturated rings. The fraction of sp³-hybridized carbons (Fsp3) is 0.385. The number of amides is 1. The molecule has 1 atom stereocenters. The predicted octanol–water partition coefficient (Wildman–Crippen LogP) is 1.24. The highest BCUT2D eigenvalue weighted by atomic mass is 19.1. The molecule has 0 bridgehead atoms. The Labute approximate surface area is 110 Å². The van der Waals surface area contributed by atoms with Crippen LogP contribution in [-0.4, -0.2) is 36.1 Å². The number of halogens is 1. The molecule has 1 unspecified atom stereocenters. The van der Waals surface area contributed by atoms with Gasteiger partial charge in [0.15, 0.2) is 0 Å². The first-order valence-electron chi connectivity index (χ1n) is 6.03. The monoisotopic (exact) mass is 266 g/mol. The number of aromatic carboxylic acids is 1. The van der Waals surface area contributed by atoms with Gasteiger partial charge in [-0.25, -0.2) is 9.18 Å². The SMILES string of the molecule is CC(=O)NC1CCN(c2c(F)cccc2C(=O)O)C1. The molecule has 2 N–H and O–H groups in total. The fourth-order valence-electron chi connectivity index (χ4n) is 2.38. The predicted molar refractivity (Wildman–Crippen MR) is 67.8 cm³/mol. The molecule has 1 aliphatic heterocycles. The number of nitrogens with zero attached hydrogens (tertiary/aromatic N) is 1. The maximum atomic E-state index is 13.9. The summed E-state index contributed by atoms with van der Waals surface area (Å²) in [7, 11) is 0. The number of anilines is 1. The Balaban J connectivity index is 2.24. The second-order valence-corrected chi connectivity index (χ2v) is 4.57. The second kappa shape index (κ2) is 5.26. The van der Waals surface area contributed by atoms with Gasteiger partial charge in [-0.05, 0) is 18.6 Å². The van der Waals surface area contributed by atoms with Crippen LogP contribution in [0, 0.1) is 5.82 Å². The van der Waals surface area contributed by atoms with E-state index >= 15 is 0 Å². The highest BCUT2D eigenvalue weighted by Gasteiger charge is 2.28.